The Kier molecular flexibility index (Phi) is 5.22. The summed E-state index contributed by atoms with van der Waals surface area (Å²) >= 11 is 3.37. The van der Waals surface area contributed by atoms with Crippen molar-refractivity contribution in [3.63, 3.8) is 0 Å². The SMILES string of the molecule is CC(C)Cn1ncc(NC(C)Cc2ccco2)c(Br)c1=O. The molecular formula is C15H20BrN3O2. The summed E-state index contributed by atoms with van der Waals surface area (Å²) in [5, 5.41) is 7.50. The quantitative estimate of drug-likeness (QED) is 0.865. The summed E-state index contributed by atoms with van der Waals surface area (Å²) in [6.45, 7) is 6.76. The molecule has 0 aliphatic heterocycles. The number of nitrogens with zero attached hydrogens (tertiary/aromatic N) is 2. The van der Waals surface area contributed by atoms with Crippen molar-refractivity contribution in [1.29, 1.82) is 0 Å². The minimum Gasteiger partial charge on any atom is -0.469 e. The highest BCUT2D eigenvalue weighted by Crippen LogP contribution is 2.18. The molecule has 0 radical (unpaired) electrons. The summed E-state index contributed by atoms with van der Waals surface area (Å²) < 4.78 is 7.33. The number of hydrogen-bond donors (Lipinski definition) is 1. The maximum atomic E-state index is 12.2. The van der Waals surface area contributed by atoms with Gasteiger partial charge in [0.25, 0.3) is 5.56 Å². The first-order valence-electron chi connectivity index (χ1n) is 7.02. The van der Waals surface area contributed by atoms with Crippen LogP contribution in [0.2, 0.25) is 0 Å². The summed E-state index contributed by atoms with van der Waals surface area (Å²) in [4.78, 5) is 12.2. The van der Waals surface area contributed by atoms with Crippen molar-refractivity contribution in [2.45, 2.75) is 39.8 Å². The molecule has 5 nitrogen and oxygen atoms in total. The molecule has 6 heteroatoms. The number of aromatic nitrogens is 2. The van der Waals surface area contributed by atoms with Crippen LogP contribution in [-0.2, 0) is 13.0 Å². The Balaban J connectivity index is 2.10. The van der Waals surface area contributed by atoms with Crippen LogP contribution in [-0.4, -0.2) is 15.8 Å². The van der Waals surface area contributed by atoms with Gasteiger partial charge in [0.2, 0.25) is 0 Å². The van der Waals surface area contributed by atoms with Gasteiger partial charge >= 0.3 is 0 Å². The molecule has 0 spiro atoms. The second kappa shape index (κ2) is 6.93. The van der Waals surface area contributed by atoms with Crippen LogP contribution in [0.3, 0.4) is 0 Å². The third kappa shape index (κ3) is 4.20. The number of nitrogens with one attached hydrogen (secondary N) is 1. The van der Waals surface area contributed by atoms with E-state index in [0.29, 0.717) is 22.6 Å². The molecule has 0 aliphatic rings. The Morgan fingerprint density at radius 1 is 1.43 bits per heavy atom. The van der Waals surface area contributed by atoms with Gasteiger partial charge in [-0.15, -0.1) is 0 Å². The maximum absolute atomic E-state index is 12.2. The van der Waals surface area contributed by atoms with E-state index in [4.69, 9.17) is 4.42 Å². The molecule has 1 atom stereocenters. The highest BCUT2D eigenvalue weighted by molar-refractivity contribution is 9.10. The molecule has 2 aromatic heterocycles. The van der Waals surface area contributed by atoms with Gasteiger partial charge in [-0.25, -0.2) is 4.68 Å². The molecule has 21 heavy (non-hydrogen) atoms. The zero-order chi connectivity index (χ0) is 15.4. The molecule has 1 N–H and O–H groups in total. The Morgan fingerprint density at radius 3 is 2.81 bits per heavy atom. The third-order valence-electron chi connectivity index (χ3n) is 3.01. The standard InChI is InChI=1S/C15H20BrN3O2/c1-10(2)9-19-15(20)14(16)13(8-17-19)18-11(3)7-12-5-4-6-21-12/h4-6,8,10-11,18H,7,9H2,1-3H3. The number of rotatable bonds is 6. The first-order valence-corrected chi connectivity index (χ1v) is 7.81. The van der Waals surface area contributed by atoms with E-state index in [2.05, 4.69) is 40.2 Å². The molecule has 2 aromatic rings. The van der Waals surface area contributed by atoms with Gasteiger partial charge in [-0.05, 0) is 40.9 Å². The van der Waals surface area contributed by atoms with Crippen LogP contribution >= 0.6 is 15.9 Å². The van der Waals surface area contributed by atoms with Gasteiger partial charge in [-0.2, -0.15) is 5.10 Å². The first-order chi connectivity index (χ1) is 9.97. The Morgan fingerprint density at radius 2 is 2.19 bits per heavy atom. The number of hydrogen-bond acceptors (Lipinski definition) is 4. The van der Waals surface area contributed by atoms with E-state index in [-0.39, 0.29) is 11.6 Å². The number of furan rings is 1. The second-order valence-electron chi connectivity index (χ2n) is 5.58. The van der Waals surface area contributed by atoms with E-state index in [1.807, 2.05) is 19.1 Å². The summed E-state index contributed by atoms with van der Waals surface area (Å²) in [5.41, 5.74) is 0.595. The lowest BCUT2D eigenvalue weighted by Gasteiger charge is -2.16. The Labute approximate surface area is 132 Å². The van der Waals surface area contributed by atoms with Crippen LogP contribution in [0, 0.1) is 5.92 Å². The molecule has 1 unspecified atom stereocenters. The fourth-order valence-corrected chi connectivity index (χ4v) is 2.51. The lowest BCUT2D eigenvalue weighted by molar-refractivity contribution is 0.462. The minimum absolute atomic E-state index is 0.112. The van der Waals surface area contributed by atoms with E-state index in [9.17, 15) is 4.79 Å². The van der Waals surface area contributed by atoms with Gasteiger partial charge in [-0.3, -0.25) is 4.79 Å². The van der Waals surface area contributed by atoms with Crippen molar-refractivity contribution in [3.05, 3.63) is 45.2 Å². The lowest BCUT2D eigenvalue weighted by atomic mass is 10.2. The van der Waals surface area contributed by atoms with Crippen molar-refractivity contribution in [2.24, 2.45) is 5.92 Å². The summed E-state index contributed by atoms with van der Waals surface area (Å²) in [7, 11) is 0. The normalized spacial score (nSPS) is 12.6. The zero-order valence-corrected chi connectivity index (χ0v) is 14.1. The minimum atomic E-state index is -0.112. The van der Waals surface area contributed by atoms with Crippen LogP contribution in [0.1, 0.15) is 26.5 Å². The van der Waals surface area contributed by atoms with Gasteiger partial charge in [0.05, 0.1) is 18.1 Å². The highest BCUT2D eigenvalue weighted by atomic mass is 79.9. The van der Waals surface area contributed by atoms with E-state index in [1.54, 1.807) is 12.5 Å². The maximum Gasteiger partial charge on any atom is 0.283 e. The Bertz CT molecular complexity index is 635. The molecule has 0 amide bonds. The summed E-state index contributed by atoms with van der Waals surface area (Å²) in [6.07, 6.45) is 4.09. The molecule has 0 aliphatic carbocycles. The van der Waals surface area contributed by atoms with Gasteiger partial charge in [0, 0.05) is 19.0 Å². The molecule has 0 saturated carbocycles. The smallest absolute Gasteiger partial charge is 0.283 e. The predicted molar refractivity (Wildman–Crippen MR) is 86.5 cm³/mol. The molecule has 114 valence electrons. The van der Waals surface area contributed by atoms with Crippen LogP contribution < -0.4 is 10.9 Å². The van der Waals surface area contributed by atoms with Crippen LogP contribution in [0.4, 0.5) is 5.69 Å². The fraction of sp³-hybridized carbons (Fsp3) is 0.467. The highest BCUT2D eigenvalue weighted by Gasteiger charge is 2.12. The molecule has 0 bridgehead atoms. The Hall–Kier alpha value is -1.56. The second-order valence-corrected chi connectivity index (χ2v) is 6.38. The summed E-state index contributed by atoms with van der Waals surface area (Å²) in [5.74, 6) is 1.28. The van der Waals surface area contributed by atoms with E-state index >= 15 is 0 Å². The molecule has 0 aromatic carbocycles. The van der Waals surface area contributed by atoms with Crippen LogP contribution in [0.15, 0.2) is 38.3 Å². The van der Waals surface area contributed by atoms with E-state index < -0.39 is 0 Å². The summed E-state index contributed by atoms with van der Waals surface area (Å²) in [6, 6.07) is 3.94. The largest absolute Gasteiger partial charge is 0.469 e. The molecule has 0 saturated heterocycles. The first kappa shape index (κ1) is 15.8. The average molecular weight is 354 g/mol. The van der Waals surface area contributed by atoms with Gasteiger partial charge in [0.1, 0.15) is 10.2 Å². The van der Waals surface area contributed by atoms with E-state index in [1.165, 1.54) is 4.68 Å². The van der Waals surface area contributed by atoms with Gasteiger partial charge in [0.15, 0.2) is 0 Å². The number of anilines is 1. The molecule has 0 fully saturated rings. The van der Waals surface area contributed by atoms with Gasteiger partial charge in [-0.1, -0.05) is 13.8 Å². The number of halogens is 1. The zero-order valence-electron chi connectivity index (χ0n) is 12.5. The topological polar surface area (TPSA) is 60.1 Å². The molecule has 2 rings (SSSR count). The lowest BCUT2D eigenvalue weighted by Crippen LogP contribution is -2.28. The van der Waals surface area contributed by atoms with Crippen molar-refractivity contribution in [3.8, 4) is 0 Å². The molecular weight excluding hydrogens is 334 g/mol. The van der Waals surface area contributed by atoms with Crippen LogP contribution in [0.25, 0.3) is 0 Å². The molecule has 2 heterocycles. The van der Waals surface area contributed by atoms with Crippen molar-refractivity contribution >= 4 is 21.6 Å². The average Bonchev–Trinajstić information content (AvgIpc) is 2.91. The third-order valence-corrected chi connectivity index (χ3v) is 3.78. The van der Waals surface area contributed by atoms with Crippen molar-refractivity contribution in [1.82, 2.24) is 9.78 Å². The van der Waals surface area contributed by atoms with Crippen molar-refractivity contribution < 1.29 is 4.42 Å². The van der Waals surface area contributed by atoms with Crippen LogP contribution in [0.5, 0.6) is 0 Å². The fourth-order valence-electron chi connectivity index (χ4n) is 2.09. The predicted octanol–water partition coefficient (Wildman–Crippen LogP) is 3.30. The van der Waals surface area contributed by atoms with Crippen molar-refractivity contribution in [2.75, 3.05) is 5.32 Å². The van der Waals surface area contributed by atoms with E-state index in [0.717, 1.165) is 12.2 Å². The van der Waals surface area contributed by atoms with Gasteiger partial charge < -0.3 is 9.73 Å². The monoisotopic (exact) mass is 353 g/mol.